The number of aromatic nitrogens is 2. The number of nitrogens with zero attached hydrogens (tertiary/aromatic N) is 2. The Hall–Kier alpha value is -3.88. The second kappa shape index (κ2) is 8.70. The van der Waals surface area contributed by atoms with E-state index < -0.39 is 23.4 Å². The molecule has 9 heteroatoms. The fourth-order valence-electron chi connectivity index (χ4n) is 3.41. The van der Waals surface area contributed by atoms with Crippen molar-refractivity contribution in [3.8, 4) is 11.5 Å². The molecule has 3 heterocycles. The van der Waals surface area contributed by atoms with E-state index in [9.17, 15) is 14.4 Å². The lowest BCUT2D eigenvalue weighted by molar-refractivity contribution is -0.129. The van der Waals surface area contributed by atoms with E-state index in [1.165, 1.54) is 13.1 Å². The molecule has 1 atom stereocenters. The Kier molecular flexibility index (Phi) is 5.81. The van der Waals surface area contributed by atoms with Crippen LogP contribution in [0.1, 0.15) is 35.5 Å². The Morgan fingerprint density at radius 2 is 2.00 bits per heavy atom. The van der Waals surface area contributed by atoms with Gasteiger partial charge >= 0.3 is 5.97 Å². The number of esters is 1. The number of benzene rings is 1. The van der Waals surface area contributed by atoms with Gasteiger partial charge in [0.15, 0.2) is 17.6 Å². The zero-order valence-electron chi connectivity index (χ0n) is 18.0. The number of hydrogen-bond donors (Lipinski definition) is 1. The molecular formula is C23H23N3O6. The Bertz CT molecular complexity index is 1270. The van der Waals surface area contributed by atoms with Gasteiger partial charge in [-0.05, 0) is 50.6 Å². The van der Waals surface area contributed by atoms with Gasteiger partial charge in [0, 0.05) is 25.0 Å². The van der Waals surface area contributed by atoms with Gasteiger partial charge in [0.1, 0.15) is 11.2 Å². The van der Waals surface area contributed by atoms with Crippen molar-refractivity contribution in [2.75, 3.05) is 6.79 Å². The van der Waals surface area contributed by atoms with Crippen LogP contribution < -0.4 is 20.2 Å². The topological polar surface area (TPSA) is 109 Å². The highest BCUT2D eigenvalue weighted by atomic mass is 16.7. The average Bonchev–Trinajstić information content (AvgIpc) is 3.25. The second-order valence-corrected chi connectivity index (χ2v) is 7.43. The number of aryl methyl sites for hydroxylation is 2. The van der Waals surface area contributed by atoms with Crippen molar-refractivity contribution in [2.24, 2.45) is 0 Å². The molecule has 0 bridgehead atoms. The van der Waals surface area contributed by atoms with Crippen LogP contribution in [0.5, 0.6) is 11.5 Å². The van der Waals surface area contributed by atoms with E-state index in [1.54, 1.807) is 28.8 Å². The third-order valence-corrected chi connectivity index (χ3v) is 5.18. The second-order valence-electron chi connectivity index (χ2n) is 7.43. The van der Waals surface area contributed by atoms with Crippen molar-refractivity contribution < 1.29 is 23.8 Å². The maximum Gasteiger partial charge on any atom is 0.344 e. The minimum absolute atomic E-state index is 0.138. The summed E-state index contributed by atoms with van der Waals surface area (Å²) in [4.78, 5) is 42.4. The van der Waals surface area contributed by atoms with Crippen LogP contribution in [-0.4, -0.2) is 34.3 Å². The van der Waals surface area contributed by atoms with Crippen LogP contribution in [0.4, 0.5) is 0 Å². The van der Waals surface area contributed by atoms with Crippen LogP contribution in [0, 0.1) is 6.92 Å². The molecule has 4 rings (SSSR count). The van der Waals surface area contributed by atoms with Gasteiger partial charge in [-0.1, -0.05) is 6.07 Å². The molecule has 1 N–H and O–H groups in total. The van der Waals surface area contributed by atoms with Crippen LogP contribution in [0.15, 0.2) is 41.3 Å². The molecule has 0 saturated carbocycles. The monoisotopic (exact) mass is 437 g/mol. The molecule has 0 aliphatic carbocycles. The lowest BCUT2D eigenvalue weighted by atomic mass is 10.1. The highest BCUT2D eigenvalue weighted by Gasteiger charge is 2.23. The van der Waals surface area contributed by atoms with Crippen LogP contribution in [0.25, 0.3) is 11.0 Å². The summed E-state index contributed by atoms with van der Waals surface area (Å²) in [6.07, 6.45) is 0.342. The molecule has 1 aliphatic rings. The first-order chi connectivity index (χ1) is 15.4. The Labute approximate surface area is 183 Å². The Morgan fingerprint density at radius 1 is 1.22 bits per heavy atom. The van der Waals surface area contributed by atoms with Gasteiger partial charge in [0.05, 0.1) is 5.39 Å². The minimum Gasteiger partial charge on any atom is -0.454 e. The molecule has 9 nitrogen and oxygen atoms in total. The fraction of sp³-hybridized carbons (Fsp3) is 0.304. The van der Waals surface area contributed by atoms with Gasteiger partial charge in [0.2, 0.25) is 12.2 Å². The number of pyridine rings is 2. The molecule has 0 spiro atoms. The minimum atomic E-state index is -1.09. The van der Waals surface area contributed by atoms with E-state index >= 15 is 0 Å². The van der Waals surface area contributed by atoms with Gasteiger partial charge in [-0.3, -0.25) is 9.59 Å². The normalized spacial score (nSPS) is 13.1. The highest BCUT2D eigenvalue weighted by molar-refractivity contribution is 5.94. The first kappa shape index (κ1) is 21.4. The summed E-state index contributed by atoms with van der Waals surface area (Å²) in [6.45, 7) is 6.07. The molecule has 2 aromatic heterocycles. The molecule has 0 fully saturated rings. The van der Waals surface area contributed by atoms with Crippen LogP contribution in [0.3, 0.4) is 0 Å². The van der Waals surface area contributed by atoms with Crippen LogP contribution in [0.2, 0.25) is 0 Å². The fourth-order valence-corrected chi connectivity index (χ4v) is 3.41. The predicted molar refractivity (Wildman–Crippen MR) is 116 cm³/mol. The van der Waals surface area contributed by atoms with E-state index in [-0.39, 0.29) is 18.9 Å². The lowest BCUT2D eigenvalue weighted by Crippen LogP contribution is -2.36. The standard InChI is InChI=1S/C23H23N3O6/c1-4-26-11-17(20(27)16-7-5-13(2)25-21(16)26)23(29)32-14(3)22(28)24-10-15-6-8-18-19(9-15)31-12-30-18/h5-9,11,14H,4,10,12H2,1-3H3,(H,24,28)/t14-/m1/s1. The molecule has 1 aliphatic heterocycles. The van der Waals surface area contributed by atoms with Gasteiger partial charge in [-0.15, -0.1) is 0 Å². The summed E-state index contributed by atoms with van der Waals surface area (Å²) in [5.41, 5.74) is 1.46. The van der Waals surface area contributed by atoms with Gasteiger partial charge in [-0.25, -0.2) is 9.78 Å². The molecule has 166 valence electrons. The molecule has 32 heavy (non-hydrogen) atoms. The van der Waals surface area contributed by atoms with Crippen molar-refractivity contribution in [1.82, 2.24) is 14.9 Å². The highest BCUT2D eigenvalue weighted by Crippen LogP contribution is 2.32. The third-order valence-electron chi connectivity index (χ3n) is 5.18. The Morgan fingerprint density at radius 3 is 2.78 bits per heavy atom. The maximum atomic E-state index is 12.8. The largest absolute Gasteiger partial charge is 0.454 e. The summed E-state index contributed by atoms with van der Waals surface area (Å²) >= 11 is 0. The molecular weight excluding hydrogens is 414 g/mol. The van der Waals surface area contributed by atoms with Crippen molar-refractivity contribution in [1.29, 1.82) is 0 Å². The van der Waals surface area contributed by atoms with Gasteiger partial charge in [0.25, 0.3) is 5.91 Å². The lowest BCUT2D eigenvalue weighted by Gasteiger charge is -2.15. The summed E-state index contributed by atoms with van der Waals surface area (Å²) in [5.74, 6) is -0.0689. The average molecular weight is 437 g/mol. The molecule has 1 amide bonds. The predicted octanol–water partition coefficient (Wildman–Crippen LogP) is 2.32. The molecule has 0 radical (unpaired) electrons. The molecule has 0 saturated heterocycles. The van der Waals surface area contributed by atoms with Crippen LogP contribution >= 0.6 is 0 Å². The first-order valence-corrected chi connectivity index (χ1v) is 10.3. The zero-order valence-corrected chi connectivity index (χ0v) is 18.0. The van der Waals surface area contributed by atoms with Crippen LogP contribution in [-0.2, 0) is 22.6 Å². The summed E-state index contributed by atoms with van der Waals surface area (Å²) in [6, 6.07) is 8.71. The zero-order chi connectivity index (χ0) is 22.8. The number of amides is 1. The molecule has 1 aromatic carbocycles. The van der Waals surface area contributed by atoms with Crippen molar-refractivity contribution >= 4 is 22.9 Å². The van der Waals surface area contributed by atoms with E-state index in [0.29, 0.717) is 29.1 Å². The van der Waals surface area contributed by atoms with Crippen molar-refractivity contribution in [2.45, 2.75) is 40.0 Å². The maximum absolute atomic E-state index is 12.8. The number of hydrogen-bond acceptors (Lipinski definition) is 7. The number of fused-ring (bicyclic) bond motifs is 2. The smallest absolute Gasteiger partial charge is 0.344 e. The number of carbonyl (C=O) groups excluding carboxylic acids is 2. The van der Waals surface area contributed by atoms with E-state index in [0.717, 1.165) is 11.3 Å². The molecule has 0 unspecified atom stereocenters. The third kappa shape index (κ3) is 4.14. The number of carbonyl (C=O) groups is 2. The van der Waals surface area contributed by atoms with Gasteiger partial charge in [-0.2, -0.15) is 0 Å². The van der Waals surface area contributed by atoms with Crippen molar-refractivity contribution in [3.63, 3.8) is 0 Å². The van der Waals surface area contributed by atoms with E-state index in [4.69, 9.17) is 14.2 Å². The Balaban J connectivity index is 1.45. The van der Waals surface area contributed by atoms with E-state index in [1.807, 2.05) is 19.9 Å². The first-order valence-electron chi connectivity index (χ1n) is 10.3. The van der Waals surface area contributed by atoms with E-state index in [2.05, 4.69) is 10.3 Å². The number of rotatable bonds is 6. The number of ether oxygens (including phenoxy) is 3. The van der Waals surface area contributed by atoms with Gasteiger partial charge < -0.3 is 24.1 Å². The summed E-state index contributed by atoms with van der Waals surface area (Å²) < 4.78 is 17.6. The quantitative estimate of drug-likeness (QED) is 0.590. The van der Waals surface area contributed by atoms with Crippen molar-refractivity contribution in [3.05, 3.63) is 63.6 Å². The number of nitrogens with one attached hydrogen (secondary N) is 1. The molecule has 3 aromatic rings. The summed E-state index contributed by atoms with van der Waals surface area (Å²) in [5, 5.41) is 3.04. The SMILES string of the molecule is CCn1cc(C(=O)O[C@H](C)C(=O)NCc2ccc3c(c2)OCO3)c(=O)c2ccc(C)nc21. The summed E-state index contributed by atoms with van der Waals surface area (Å²) in [7, 11) is 0.